The molecule has 0 aromatic carbocycles. The van der Waals surface area contributed by atoms with Crippen molar-refractivity contribution in [1.29, 1.82) is 0 Å². The van der Waals surface area contributed by atoms with Gasteiger partial charge in [0.1, 0.15) is 0 Å². The molecular formula is C16H27N3. The lowest BCUT2D eigenvalue weighted by Crippen LogP contribution is -2.24. The summed E-state index contributed by atoms with van der Waals surface area (Å²) in [5, 5.41) is 0. The second-order valence-electron chi connectivity index (χ2n) is 5.80. The van der Waals surface area contributed by atoms with E-state index in [0.29, 0.717) is 0 Å². The maximum Gasteiger partial charge on any atom is 0.0569 e. The molecule has 1 saturated heterocycles. The average molecular weight is 261 g/mol. The second kappa shape index (κ2) is 6.90. The molecule has 0 aliphatic carbocycles. The Balaban J connectivity index is 1.97. The molecule has 1 aromatic heterocycles. The van der Waals surface area contributed by atoms with Gasteiger partial charge < -0.3 is 10.6 Å². The number of nitrogens with two attached hydrogens (primary N) is 1. The maximum atomic E-state index is 5.84. The van der Waals surface area contributed by atoms with Crippen molar-refractivity contribution in [2.75, 3.05) is 18.0 Å². The van der Waals surface area contributed by atoms with E-state index in [-0.39, 0.29) is 6.04 Å². The molecule has 1 aromatic rings. The van der Waals surface area contributed by atoms with E-state index < -0.39 is 0 Å². The number of rotatable bonds is 4. The monoisotopic (exact) mass is 261 g/mol. The smallest absolute Gasteiger partial charge is 0.0569 e. The molecule has 3 heteroatoms. The Morgan fingerprint density at radius 1 is 1.37 bits per heavy atom. The van der Waals surface area contributed by atoms with Crippen LogP contribution in [0.3, 0.4) is 0 Å². The van der Waals surface area contributed by atoms with E-state index in [2.05, 4.69) is 28.9 Å². The van der Waals surface area contributed by atoms with Crippen molar-refractivity contribution < 1.29 is 0 Å². The summed E-state index contributed by atoms with van der Waals surface area (Å²) in [7, 11) is 0. The van der Waals surface area contributed by atoms with Gasteiger partial charge in [-0.1, -0.05) is 19.8 Å². The maximum absolute atomic E-state index is 5.84. The van der Waals surface area contributed by atoms with E-state index in [4.69, 9.17) is 5.73 Å². The first-order valence-corrected chi connectivity index (χ1v) is 7.67. The van der Waals surface area contributed by atoms with Crippen molar-refractivity contribution in [2.24, 2.45) is 11.7 Å². The summed E-state index contributed by atoms with van der Waals surface area (Å²) in [6.45, 7) is 6.60. The zero-order chi connectivity index (χ0) is 13.7. The normalized spacial score (nSPS) is 22.1. The van der Waals surface area contributed by atoms with Gasteiger partial charge in [-0.15, -0.1) is 0 Å². The topological polar surface area (TPSA) is 42.1 Å². The van der Waals surface area contributed by atoms with Gasteiger partial charge in [-0.25, -0.2) is 0 Å². The Labute approximate surface area is 117 Å². The summed E-state index contributed by atoms with van der Waals surface area (Å²) in [5.74, 6) is 0.922. The van der Waals surface area contributed by atoms with Crippen LogP contribution in [0, 0.1) is 5.92 Å². The summed E-state index contributed by atoms with van der Waals surface area (Å²) in [6, 6.07) is 4.26. The highest BCUT2D eigenvalue weighted by atomic mass is 15.1. The van der Waals surface area contributed by atoms with E-state index in [1.165, 1.54) is 50.9 Å². The number of hydrogen-bond acceptors (Lipinski definition) is 3. The first kappa shape index (κ1) is 14.3. The van der Waals surface area contributed by atoms with Gasteiger partial charge in [0.2, 0.25) is 0 Å². The van der Waals surface area contributed by atoms with Crippen LogP contribution in [0.2, 0.25) is 0 Å². The van der Waals surface area contributed by atoms with E-state index in [0.717, 1.165) is 11.6 Å². The van der Waals surface area contributed by atoms with Crippen LogP contribution >= 0.6 is 0 Å². The molecule has 1 aliphatic rings. The van der Waals surface area contributed by atoms with Crippen LogP contribution in [-0.4, -0.2) is 18.1 Å². The third-order valence-corrected chi connectivity index (χ3v) is 4.15. The summed E-state index contributed by atoms with van der Waals surface area (Å²) in [5.41, 5.74) is 8.07. The quantitative estimate of drug-likeness (QED) is 0.902. The third kappa shape index (κ3) is 3.93. The minimum atomic E-state index is 0.0205. The third-order valence-electron chi connectivity index (χ3n) is 4.15. The minimum absolute atomic E-state index is 0.0205. The molecule has 0 radical (unpaired) electrons. The van der Waals surface area contributed by atoms with Crippen LogP contribution in [0.4, 0.5) is 5.69 Å². The molecule has 1 aliphatic heterocycles. The summed E-state index contributed by atoms with van der Waals surface area (Å²) >= 11 is 0. The van der Waals surface area contributed by atoms with Crippen molar-refractivity contribution in [3.05, 3.63) is 24.0 Å². The van der Waals surface area contributed by atoms with Crippen molar-refractivity contribution in [3.8, 4) is 0 Å². The summed E-state index contributed by atoms with van der Waals surface area (Å²) in [4.78, 5) is 6.95. The van der Waals surface area contributed by atoms with Crippen LogP contribution in [0.15, 0.2) is 18.3 Å². The molecule has 3 nitrogen and oxygen atoms in total. The molecule has 1 fully saturated rings. The highest BCUT2D eigenvalue weighted by Crippen LogP contribution is 2.25. The van der Waals surface area contributed by atoms with Gasteiger partial charge in [-0.2, -0.15) is 0 Å². The number of anilines is 1. The molecule has 2 heterocycles. The summed E-state index contributed by atoms with van der Waals surface area (Å²) in [6.07, 6.45) is 8.70. The molecule has 2 atom stereocenters. The molecule has 2 N–H and O–H groups in total. The Morgan fingerprint density at radius 2 is 2.21 bits per heavy atom. The number of pyridine rings is 1. The van der Waals surface area contributed by atoms with E-state index in [1.54, 1.807) is 0 Å². The predicted molar refractivity (Wildman–Crippen MR) is 81.3 cm³/mol. The minimum Gasteiger partial charge on any atom is -0.370 e. The molecule has 1 unspecified atom stereocenters. The molecule has 0 bridgehead atoms. The molecule has 0 spiro atoms. The molecule has 106 valence electrons. The van der Waals surface area contributed by atoms with Crippen LogP contribution in [0.25, 0.3) is 0 Å². The lowest BCUT2D eigenvalue weighted by molar-refractivity contribution is 0.435. The Kier molecular flexibility index (Phi) is 5.20. The van der Waals surface area contributed by atoms with E-state index >= 15 is 0 Å². The van der Waals surface area contributed by atoms with Gasteiger partial charge >= 0.3 is 0 Å². The van der Waals surface area contributed by atoms with Crippen LogP contribution in [0.1, 0.15) is 57.7 Å². The fourth-order valence-corrected chi connectivity index (χ4v) is 2.97. The largest absolute Gasteiger partial charge is 0.370 e. The van der Waals surface area contributed by atoms with Crippen LogP contribution in [0.5, 0.6) is 0 Å². The lowest BCUT2D eigenvalue weighted by Gasteiger charge is -2.23. The molecule has 2 rings (SSSR count). The van der Waals surface area contributed by atoms with Gasteiger partial charge in [0.25, 0.3) is 0 Å². The Morgan fingerprint density at radius 3 is 2.84 bits per heavy atom. The summed E-state index contributed by atoms with van der Waals surface area (Å²) < 4.78 is 0. The zero-order valence-corrected chi connectivity index (χ0v) is 12.3. The molecule has 0 saturated carbocycles. The number of nitrogens with zero attached hydrogens (tertiary/aromatic N) is 2. The van der Waals surface area contributed by atoms with Gasteiger partial charge in [0.15, 0.2) is 0 Å². The molecule has 19 heavy (non-hydrogen) atoms. The van der Waals surface area contributed by atoms with E-state index in [1.807, 2.05) is 13.1 Å². The predicted octanol–water partition coefficient (Wildman–Crippen LogP) is 3.51. The van der Waals surface area contributed by atoms with Gasteiger partial charge in [-0.05, 0) is 44.2 Å². The lowest BCUT2D eigenvalue weighted by atomic mass is 9.96. The first-order chi connectivity index (χ1) is 9.20. The first-order valence-electron chi connectivity index (χ1n) is 7.67. The fourth-order valence-electron chi connectivity index (χ4n) is 2.97. The molecular weight excluding hydrogens is 234 g/mol. The van der Waals surface area contributed by atoms with Gasteiger partial charge in [-0.3, -0.25) is 4.98 Å². The van der Waals surface area contributed by atoms with Gasteiger partial charge in [0.05, 0.1) is 17.6 Å². The zero-order valence-electron chi connectivity index (χ0n) is 12.3. The highest BCUT2D eigenvalue weighted by molar-refractivity contribution is 5.44. The van der Waals surface area contributed by atoms with Crippen molar-refractivity contribution in [1.82, 2.24) is 4.98 Å². The van der Waals surface area contributed by atoms with Crippen LogP contribution < -0.4 is 10.6 Å². The SMILES string of the molecule is CCCC1CCCN(c2ccc([C@H](C)N)nc2)CC1. The Hall–Kier alpha value is -1.09. The Bertz CT molecular complexity index is 372. The van der Waals surface area contributed by atoms with E-state index in [9.17, 15) is 0 Å². The van der Waals surface area contributed by atoms with Crippen molar-refractivity contribution in [2.45, 2.75) is 52.0 Å². The fraction of sp³-hybridized carbons (Fsp3) is 0.688. The van der Waals surface area contributed by atoms with Crippen LogP contribution in [-0.2, 0) is 0 Å². The van der Waals surface area contributed by atoms with Gasteiger partial charge in [0, 0.05) is 19.1 Å². The second-order valence-corrected chi connectivity index (χ2v) is 5.80. The highest BCUT2D eigenvalue weighted by Gasteiger charge is 2.17. The number of hydrogen-bond donors (Lipinski definition) is 1. The standard InChI is InChI=1S/C16H27N3/c1-3-5-14-6-4-10-19(11-9-14)15-7-8-16(13(2)17)18-12-15/h7-8,12-14H,3-6,9-11,17H2,1-2H3/t13-,14?/m0/s1. The van der Waals surface area contributed by atoms with Crippen molar-refractivity contribution in [3.63, 3.8) is 0 Å². The average Bonchev–Trinajstić information content (AvgIpc) is 2.65. The van der Waals surface area contributed by atoms with Crippen molar-refractivity contribution >= 4 is 5.69 Å². The number of aromatic nitrogens is 1. The molecule has 0 amide bonds.